The van der Waals surface area contributed by atoms with E-state index in [4.69, 9.17) is 9.47 Å². The van der Waals surface area contributed by atoms with Crippen LogP contribution in [-0.2, 0) is 19.1 Å². The lowest BCUT2D eigenvalue weighted by Gasteiger charge is -2.57. The van der Waals surface area contributed by atoms with Crippen LogP contribution in [0.3, 0.4) is 0 Å². The number of benzene rings is 1. The van der Waals surface area contributed by atoms with E-state index < -0.39 is 23.2 Å². The molecule has 2 aliphatic carbocycles. The van der Waals surface area contributed by atoms with Crippen molar-refractivity contribution in [3.8, 4) is 0 Å². The zero-order valence-electron chi connectivity index (χ0n) is 24.9. The van der Waals surface area contributed by atoms with Crippen LogP contribution in [0.15, 0.2) is 30.3 Å². The minimum atomic E-state index is -0.976. The highest BCUT2D eigenvalue weighted by molar-refractivity contribution is 5.76. The zero-order valence-corrected chi connectivity index (χ0v) is 24.9. The van der Waals surface area contributed by atoms with Crippen molar-refractivity contribution in [3.63, 3.8) is 0 Å². The number of carbonyl (C=O) groups is 2. The Bertz CT molecular complexity index is 1010. The molecule has 0 radical (unpaired) electrons. The van der Waals surface area contributed by atoms with Crippen molar-refractivity contribution in [3.05, 3.63) is 35.9 Å². The molecule has 10 atom stereocenters. The second kappa shape index (κ2) is 12.5. The van der Waals surface area contributed by atoms with Gasteiger partial charge in [0.05, 0.1) is 23.5 Å². The maximum atomic E-state index is 13.4. The van der Waals surface area contributed by atoms with Gasteiger partial charge in [0.1, 0.15) is 12.2 Å². The summed E-state index contributed by atoms with van der Waals surface area (Å²) < 4.78 is 11.9. The van der Waals surface area contributed by atoms with E-state index in [-0.39, 0.29) is 66.6 Å². The topological polar surface area (TPSA) is 113 Å². The number of hydrogen-bond acceptors (Lipinski definition) is 7. The average molecular weight is 559 g/mol. The van der Waals surface area contributed by atoms with Gasteiger partial charge >= 0.3 is 11.9 Å². The van der Waals surface area contributed by atoms with E-state index in [0.717, 1.165) is 6.42 Å². The maximum absolute atomic E-state index is 13.4. The van der Waals surface area contributed by atoms with Crippen molar-refractivity contribution < 1.29 is 34.4 Å². The first-order valence-corrected chi connectivity index (χ1v) is 15.3. The van der Waals surface area contributed by atoms with Gasteiger partial charge < -0.3 is 24.8 Å². The third kappa shape index (κ3) is 6.57. The SMILES string of the molecule is CCC(C)(C)C(=O)O[C@H]1C[C@@H](CO)[C@@H]([C@H](C)c2ccccc2)[C@H]2CC[C@](C)(O)[C@@H](CC[C@@H]3C[C@@H](O)CC(=O)O3)[C@@H]21. The second-order valence-corrected chi connectivity index (χ2v) is 13.7. The normalized spacial score (nSPS) is 37.2. The van der Waals surface area contributed by atoms with Crippen LogP contribution in [0.4, 0.5) is 0 Å². The van der Waals surface area contributed by atoms with Gasteiger partial charge in [-0.3, -0.25) is 9.59 Å². The number of cyclic esters (lactones) is 1. The first kappa shape index (κ1) is 31.0. The molecule has 0 unspecified atom stereocenters. The summed E-state index contributed by atoms with van der Waals surface area (Å²) in [7, 11) is 0. The molecule has 1 heterocycles. The molecule has 1 aliphatic heterocycles. The van der Waals surface area contributed by atoms with Crippen LogP contribution in [0.5, 0.6) is 0 Å². The van der Waals surface area contributed by atoms with Crippen molar-refractivity contribution >= 4 is 11.9 Å². The fraction of sp³-hybridized carbons (Fsp3) is 0.758. The highest BCUT2D eigenvalue weighted by atomic mass is 16.6. The van der Waals surface area contributed by atoms with Crippen LogP contribution in [0, 0.1) is 35.0 Å². The molecule has 0 amide bonds. The van der Waals surface area contributed by atoms with Crippen LogP contribution in [-0.4, -0.2) is 57.8 Å². The molecule has 0 bridgehead atoms. The number of aliphatic hydroxyl groups is 3. The Morgan fingerprint density at radius 1 is 1.20 bits per heavy atom. The summed E-state index contributed by atoms with van der Waals surface area (Å²) >= 11 is 0. The molecule has 224 valence electrons. The molecule has 0 spiro atoms. The third-order valence-electron chi connectivity index (χ3n) is 10.6. The smallest absolute Gasteiger partial charge is 0.311 e. The zero-order chi connectivity index (χ0) is 29.2. The minimum absolute atomic E-state index is 0.0211. The molecule has 1 aromatic carbocycles. The predicted octanol–water partition coefficient (Wildman–Crippen LogP) is 5.01. The van der Waals surface area contributed by atoms with Gasteiger partial charge in [-0.05, 0) is 94.4 Å². The van der Waals surface area contributed by atoms with Gasteiger partial charge in [-0.15, -0.1) is 0 Å². The molecule has 1 aromatic rings. The number of esters is 2. The van der Waals surface area contributed by atoms with Gasteiger partial charge in [0.15, 0.2) is 0 Å². The first-order valence-electron chi connectivity index (χ1n) is 15.3. The number of ether oxygens (including phenoxy) is 2. The van der Waals surface area contributed by atoms with Crippen LogP contribution in [0.2, 0.25) is 0 Å². The lowest BCUT2D eigenvalue weighted by Crippen LogP contribution is -2.58. The Balaban J connectivity index is 1.68. The van der Waals surface area contributed by atoms with Crippen molar-refractivity contribution in [2.24, 2.45) is 35.0 Å². The number of fused-ring (bicyclic) bond motifs is 1. The molecule has 1 saturated heterocycles. The van der Waals surface area contributed by atoms with Crippen molar-refractivity contribution in [1.29, 1.82) is 0 Å². The molecule has 3 N–H and O–H groups in total. The molecular weight excluding hydrogens is 508 g/mol. The number of aliphatic hydroxyl groups excluding tert-OH is 2. The molecule has 40 heavy (non-hydrogen) atoms. The van der Waals surface area contributed by atoms with Crippen molar-refractivity contribution in [2.75, 3.05) is 6.61 Å². The van der Waals surface area contributed by atoms with Gasteiger partial charge in [0.25, 0.3) is 0 Å². The third-order valence-corrected chi connectivity index (χ3v) is 10.6. The monoisotopic (exact) mass is 558 g/mol. The summed E-state index contributed by atoms with van der Waals surface area (Å²) in [5.74, 6) is -0.429. The van der Waals surface area contributed by atoms with Crippen molar-refractivity contribution in [2.45, 2.75) is 116 Å². The number of carbonyl (C=O) groups excluding carboxylic acids is 2. The lowest BCUT2D eigenvalue weighted by atomic mass is 9.51. The maximum Gasteiger partial charge on any atom is 0.311 e. The van der Waals surface area contributed by atoms with Crippen molar-refractivity contribution in [1.82, 2.24) is 0 Å². The molecule has 3 fully saturated rings. The van der Waals surface area contributed by atoms with Crippen LogP contribution >= 0.6 is 0 Å². The summed E-state index contributed by atoms with van der Waals surface area (Å²) in [4.78, 5) is 25.4. The predicted molar refractivity (Wildman–Crippen MR) is 152 cm³/mol. The summed E-state index contributed by atoms with van der Waals surface area (Å²) in [6, 6.07) is 10.4. The highest BCUT2D eigenvalue weighted by Crippen LogP contribution is 2.57. The Labute approximate surface area is 239 Å². The Hall–Kier alpha value is -1.96. The van der Waals surface area contributed by atoms with E-state index in [1.807, 2.05) is 45.9 Å². The molecule has 4 rings (SSSR count). The van der Waals surface area contributed by atoms with E-state index in [1.165, 1.54) is 5.56 Å². The summed E-state index contributed by atoms with van der Waals surface area (Å²) in [6.45, 7) is 9.92. The first-order chi connectivity index (χ1) is 18.9. The van der Waals surface area contributed by atoms with Crippen LogP contribution in [0.25, 0.3) is 0 Å². The molecule has 2 saturated carbocycles. The summed E-state index contributed by atoms with van der Waals surface area (Å²) in [5, 5.41) is 32.6. The van der Waals surface area contributed by atoms with E-state index in [2.05, 4.69) is 19.1 Å². The summed E-state index contributed by atoms with van der Waals surface area (Å²) in [5.41, 5.74) is -0.378. The van der Waals surface area contributed by atoms with Gasteiger partial charge in [-0.2, -0.15) is 0 Å². The van der Waals surface area contributed by atoms with Gasteiger partial charge in [-0.1, -0.05) is 44.2 Å². The lowest BCUT2D eigenvalue weighted by molar-refractivity contribution is -0.195. The quantitative estimate of drug-likeness (QED) is 0.365. The van der Waals surface area contributed by atoms with Gasteiger partial charge in [-0.25, -0.2) is 0 Å². The van der Waals surface area contributed by atoms with Crippen LogP contribution < -0.4 is 0 Å². The molecular formula is C33H50O7. The Morgan fingerprint density at radius 3 is 2.52 bits per heavy atom. The largest absolute Gasteiger partial charge is 0.462 e. The average Bonchev–Trinajstić information content (AvgIpc) is 2.91. The van der Waals surface area contributed by atoms with Gasteiger partial charge in [0, 0.05) is 18.9 Å². The highest BCUT2D eigenvalue weighted by Gasteiger charge is 2.57. The molecule has 0 aromatic heterocycles. The second-order valence-electron chi connectivity index (χ2n) is 13.7. The van der Waals surface area contributed by atoms with E-state index in [1.54, 1.807) is 0 Å². The number of hydrogen-bond donors (Lipinski definition) is 3. The number of rotatable bonds is 9. The van der Waals surface area contributed by atoms with E-state index >= 15 is 0 Å². The van der Waals surface area contributed by atoms with E-state index in [9.17, 15) is 24.9 Å². The fourth-order valence-electron chi connectivity index (χ4n) is 7.92. The molecule has 3 aliphatic rings. The Kier molecular flexibility index (Phi) is 9.68. The molecule has 7 nitrogen and oxygen atoms in total. The minimum Gasteiger partial charge on any atom is -0.462 e. The van der Waals surface area contributed by atoms with Crippen LogP contribution in [0.1, 0.15) is 97.5 Å². The van der Waals surface area contributed by atoms with E-state index in [0.29, 0.717) is 38.5 Å². The van der Waals surface area contributed by atoms with Gasteiger partial charge in [0.2, 0.25) is 0 Å². The summed E-state index contributed by atoms with van der Waals surface area (Å²) in [6.07, 6.45) is 2.65. The Morgan fingerprint density at radius 2 is 1.90 bits per heavy atom. The fourth-order valence-corrected chi connectivity index (χ4v) is 7.92. The molecule has 7 heteroatoms. The standard InChI is InChI=1S/C33H50O7/c1-6-32(3,4)31(37)40-27-16-22(19-34)29(20(2)21-10-8-7-9-11-21)25-14-15-33(5,38)26(30(25)27)13-12-24-17-23(35)18-28(36)39-24/h7-11,20,22-27,29-30,34-35,38H,6,12-19H2,1-5H3/t20-,22+,23-,24-,25-,26+,27+,29-,30-,33+/m1/s1.